The molecule has 0 aliphatic heterocycles. The normalized spacial score (nSPS) is 11.6. The van der Waals surface area contributed by atoms with E-state index in [2.05, 4.69) is 234 Å². The van der Waals surface area contributed by atoms with E-state index in [1.807, 2.05) is 6.07 Å². The second-order valence-corrected chi connectivity index (χ2v) is 15.6. The fourth-order valence-corrected chi connectivity index (χ4v) is 9.46. The van der Waals surface area contributed by atoms with Crippen LogP contribution in [0.2, 0.25) is 0 Å². The Hall–Kier alpha value is -8.14. The molecule has 286 valence electrons. The highest BCUT2D eigenvalue weighted by Crippen LogP contribution is 2.47. The summed E-state index contributed by atoms with van der Waals surface area (Å²) in [4.78, 5) is 2.43. The standard InChI is InChI=1S/C58H38N2O/c1-3-17-40(18-4-1)53-37-42(33-35-46(53)45-27-15-20-39-19-7-8-23-44(39)45)59(43-34-36-49-47-24-9-13-31-55(47)60(56(49)38-43)41-21-5-2-6-22-41)54-30-12-10-25-48(54)51-28-16-29-52-50-26-11-14-32-57(50)61-58(51)52/h1-38H. The lowest BCUT2D eigenvalue weighted by atomic mass is 9.90. The lowest BCUT2D eigenvalue weighted by Crippen LogP contribution is -2.12. The predicted molar refractivity (Wildman–Crippen MR) is 257 cm³/mol. The number of hydrogen-bond donors (Lipinski definition) is 0. The minimum absolute atomic E-state index is 0.882. The van der Waals surface area contributed by atoms with Crippen LogP contribution in [0.3, 0.4) is 0 Å². The highest BCUT2D eigenvalue weighted by Gasteiger charge is 2.23. The first-order valence-electron chi connectivity index (χ1n) is 20.8. The van der Waals surface area contributed by atoms with E-state index in [1.54, 1.807) is 0 Å². The molecular formula is C58H38N2O. The Balaban J connectivity index is 1.15. The van der Waals surface area contributed by atoms with Crippen LogP contribution < -0.4 is 4.90 Å². The van der Waals surface area contributed by atoms with E-state index in [1.165, 1.54) is 38.2 Å². The second kappa shape index (κ2) is 14.3. The molecule has 61 heavy (non-hydrogen) atoms. The van der Waals surface area contributed by atoms with Gasteiger partial charge in [0.2, 0.25) is 0 Å². The molecule has 3 heteroatoms. The molecule has 0 radical (unpaired) electrons. The van der Waals surface area contributed by atoms with Crippen LogP contribution >= 0.6 is 0 Å². The molecule has 2 heterocycles. The Morgan fingerprint density at radius 1 is 0.344 bits per heavy atom. The molecule has 0 atom stereocenters. The van der Waals surface area contributed by atoms with Gasteiger partial charge in [0.1, 0.15) is 11.2 Å². The van der Waals surface area contributed by atoms with Gasteiger partial charge in [0.15, 0.2) is 0 Å². The van der Waals surface area contributed by atoms with Crippen LogP contribution in [-0.2, 0) is 0 Å². The highest BCUT2D eigenvalue weighted by molar-refractivity contribution is 6.13. The van der Waals surface area contributed by atoms with Crippen molar-refractivity contribution < 1.29 is 4.42 Å². The van der Waals surface area contributed by atoms with Crippen LogP contribution in [0.1, 0.15) is 0 Å². The van der Waals surface area contributed by atoms with Gasteiger partial charge >= 0.3 is 0 Å². The molecule has 0 unspecified atom stereocenters. The average Bonchev–Trinajstić information content (AvgIpc) is 3.88. The summed E-state index contributed by atoms with van der Waals surface area (Å²) in [6, 6.07) is 83.0. The number of fused-ring (bicyclic) bond motifs is 7. The van der Waals surface area contributed by atoms with Crippen molar-refractivity contribution in [2.24, 2.45) is 0 Å². The van der Waals surface area contributed by atoms with Crippen LogP contribution in [0, 0.1) is 0 Å². The fourth-order valence-electron chi connectivity index (χ4n) is 9.46. The van der Waals surface area contributed by atoms with Crippen molar-refractivity contribution in [3.8, 4) is 39.1 Å². The van der Waals surface area contributed by atoms with Crippen molar-refractivity contribution in [2.45, 2.75) is 0 Å². The SMILES string of the molecule is c1ccc(-c2cc(N(c3ccc4c5ccccc5n(-c5ccccc5)c4c3)c3ccccc3-c3cccc4c3oc3ccccc34)ccc2-c2cccc3ccccc23)cc1. The minimum Gasteiger partial charge on any atom is -0.455 e. The number of nitrogens with zero attached hydrogens (tertiary/aromatic N) is 2. The molecule has 0 amide bonds. The van der Waals surface area contributed by atoms with Crippen molar-refractivity contribution in [1.29, 1.82) is 0 Å². The van der Waals surface area contributed by atoms with Gasteiger partial charge < -0.3 is 13.9 Å². The summed E-state index contributed by atoms with van der Waals surface area (Å²) < 4.78 is 9.09. The van der Waals surface area contributed by atoms with Gasteiger partial charge in [-0.2, -0.15) is 0 Å². The summed E-state index contributed by atoms with van der Waals surface area (Å²) in [6.07, 6.45) is 0. The molecule has 2 aromatic heterocycles. The number of hydrogen-bond acceptors (Lipinski definition) is 2. The van der Waals surface area contributed by atoms with Crippen molar-refractivity contribution in [1.82, 2.24) is 4.57 Å². The maximum absolute atomic E-state index is 6.70. The van der Waals surface area contributed by atoms with E-state index in [0.29, 0.717) is 0 Å². The highest BCUT2D eigenvalue weighted by atomic mass is 16.3. The molecule has 0 aliphatic carbocycles. The Bertz CT molecular complexity index is 3590. The van der Waals surface area contributed by atoms with E-state index in [-0.39, 0.29) is 0 Å². The summed E-state index contributed by atoms with van der Waals surface area (Å²) >= 11 is 0. The van der Waals surface area contributed by atoms with E-state index < -0.39 is 0 Å². The summed E-state index contributed by atoms with van der Waals surface area (Å²) in [6.45, 7) is 0. The lowest BCUT2D eigenvalue weighted by molar-refractivity contribution is 0.670. The van der Waals surface area contributed by atoms with Gasteiger partial charge in [-0.15, -0.1) is 0 Å². The maximum Gasteiger partial charge on any atom is 0.143 e. The van der Waals surface area contributed by atoms with Crippen LogP contribution in [0.4, 0.5) is 17.1 Å². The van der Waals surface area contributed by atoms with Crippen molar-refractivity contribution >= 4 is 71.6 Å². The molecule has 0 aliphatic rings. The molecule has 0 saturated carbocycles. The predicted octanol–water partition coefficient (Wildman–Crippen LogP) is 16.3. The van der Waals surface area contributed by atoms with Gasteiger partial charge in [0.25, 0.3) is 0 Å². The van der Waals surface area contributed by atoms with Crippen molar-refractivity contribution in [2.75, 3.05) is 4.90 Å². The fraction of sp³-hybridized carbons (Fsp3) is 0. The van der Waals surface area contributed by atoms with Gasteiger partial charge in [0.05, 0.1) is 16.7 Å². The zero-order valence-electron chi connectivity index (χ0n) is 33.2. The number of aromatic nitrogens is 1. The minimum atomic E-state index is 0.882. The number of para-hydroxylation sites is 5. The molecule has 0 fully saturated rings. The average molecular weight is 779 g/mol. The topological polar surface area (TPSA) is 21.3 Å². The molecule has 0 saturated heterocycles. The molecule has 12 aromatic rings. The first-order valence-corrected chi connectivity index (χ1v) is 20.8. The Morgan fingerprint density at radius 2 is 0.951 bits per heavy atom. The zero-order valence-corrected chi connectivity index (χ0v) is 33.2. The van der Waals surface area contributed by atoms with E-state index in [9.17, 15) is 0 Å². The molecule has 12 rings (SSSR count). The summed E-state index contributed by atoms with van der Waals surface area (Å²) in [5.41, 5.74) is 15.2. The van der Waals surface area contributed by atoms with E-state index >= 15 is 0 Å². The number of furan rings is 1. The van der Waals surface area contributed by atoms with Crippen LogP contribution in [0.25, 0.3) is 93.6 Å². The zero-order chi connectivity index (χ0) is 40.3. The summed E-state index contributed by atoms with van der Waals surface area (Å²) in [5.74, 6) is 0. The molecule has 3 nitrogen and oxygen atoms in total. The molecular weight excluding hydrogens is 741 g/mol. The maximum atomic E-state index is 6.70. The first kappa shape index (κ1) is 34.9. The van der Waals surface area contributed by atoms with E-state index in [0.717, 1.165) is 72.5 Å². The first-order chi connectivity index (χ1) is 30.3. The third-order valence-electron chi connectivity index (χ3n) is 12.2. The molecule has 0 N–H and O–H groups in total. The van der Waals surface area contributed by atoms with Crippen molar-refractivity contribution in [3.05, 3.63) is 231 Å². The molecule has 0 spiro atoms. The number of rotatable bonds is 7. The monoisotopic (exact) mass is 778 g/mol. The summed E-state index contributed by atoms with van der Waals surface area (Å²) in [5, 5.41) is 7.11. The number of benzene rings is 10. The third-order valence-corrected chi connectivity index (χ3v) is 12.2. The second-order valence-electron chi connectivity index (χ2n) is 15.6. The van der Waals surface area contributed by atoms with Gasteiger partial charge in [-0.05, 0) is 87.6 Å². The number of anilines is 3. The lowest BCUT2D eigenvalue weighted by Gasteiger charge is -2.29. The van der Waals surface area contributed by atoms with Gasteiger partial charge in [-0.3, -0.25) is 0 Å². The van der Waals surface area contributed by atoms with Gasteiger partial charge in [0, 0.05) is 49.7 Å². The van der Waals surface area contributed by atoms with Crippen LogP contribution in [0.5, 0.6) is 0 Å². The van der Waals surface area contributed by atoms with Crippen LogP contribution in [0.15, 0.2) is 235 Å². The van der Waals surface area contributed by atoms with Crippen molar-refractivity contribution in [3.63, 3.8) is 0 Å². The summed E-state index contributed by atoms with van der Waals surface area (Å²) in [7, 11) is 0. The van der Waals surface area contributed by atoms with Gasteiger partial charge in [-0.25, -0.2) is 0 Å². The third kappa shape index (κ3) is 5.74. The Labute approximate surface area is 353 Å². The quantitative estimate of drug-likeness (QED) is 0.161. The molecule has 0 bridgehead atoms. The Morgan fingerprint density at radius 3 is 1.84 bits per heavy atom. The smallest absolute Gasteiger partial charge is 0.143 e. The van der Waals surface area contributed by atoms with Crippen LogP contribution in [-0.4, -0.2) is 4.57 Å². The van der Waals surface area contributed by atoms with E-state index in [4.69, 9.17) is 4.42 Å². The largest absolute Gasteiger partial charge is 0.455 e. The van der Waals surface area contributed by atoms with Gasteiger partial charge in [-0.1, -0.05) is 176 Å². The Kier molecular flexibility index (Phi) is 8.17. The molecule has 10 aromatic carbocycles.